The average molecular weight is 238 g/mol. The van der Waals surface area contributed by atoms with Gasteiger partial charge in [-0.05, 0) is 13.3 Å². The van der Waals surface area contributed by atoms with Crippen LogP contribution in [0.25, 0.3) is 0 Å². The lowest BCUT2D eigenvalue weighted by Crippen LogP contribution is -2.25. The highest BCUT2D eigenvalue weighted by atomic mass is 16.6. The molecule has 1 rings (SSSR count). The highest BCUT2D eigenvalue weighted by Crippen LogP contribution is 2.21. The number of rotatable bonds is 6. The van der Waals surface area contributed by atoms with Gasteiger partial charge in [0.1, 0.15) is 11.6 Å². The van der Waals surface area contributed by atoms with Crippen molar-refractivity contribution in [2.75, 3.05) is 23.7 Å². The predicted octanol–water partition coefficient (Wildman–Crippen LogP) is 2.20. The van der Waals surface area contributed by atoms with Crippen molar-refractivity contribution in [1.82, 2.24) is 4.98 Å². The topological polar surface area (TPSA) is 85.3 Å². The molecule has 0 aliphatic carbocycles. The fraction of sp³-hybridized carbons (Fsp3) is 0.545. The fourth-order valence-electron chi connectivity index (χ4n) is 1.57. The van der Waals surface area contributed by atoms with Crippen LogP contribution in [0.1, 0.15) is 26.7 Å². The van der Waals surface area contributed by atoms with Gasteiger partial charge in [0.15, 0.2) is 0 Å². The highest BCUT2D eigenvalue weighted by molar-refractivity contribution is 5.54. The third-order valence-electron chi connectivity index (χ3n) is 2.51. The summed E-state index contributed by atoms with van der Waals surface area (Å²) in [5.41, 5.74) is 5.56. The second-order valence-electron chi connectivity index (χ2n) is 3.80. The maximum Gasteiger partial charge on any atom is 0.276 e. The Bertz CT molecular complexity index is 395. The number of pyridine rings is 1. The van der Waals surface area contributed by atoms with Crippen LogP contribution < -0.4 is 10.6 Å². The zero-order valence-electron chi connectivity index (χ0n) is 10.2. The lowest BCUT2D eigenvalue weighted by Gasteiger charge is -2.21. The summed E-state index contributed by atoms with van der Waals surface area (Å²) in [6.07, 6.45) is 2.10. The van der Waals surface area contributed by atoms with Crippen LogP contribution in [0.3, 0.4) is 0 Å². The van der Waals surface area contributed by atoms with Crippen LogP contribution in [0.5, 0.6) is 0 Å². The van der Waals surface area contributed by atoms with Crippen LogP contribution in [-0.4, -0.2) is 23.0 Å². The minimum absolute atomic E-state index is 0.0116. The maximum atomic E-state index is 10.7. The molecule has 0 amide bonds. The highest BCUT2D eigenvalue weighted by Gasteiger charge is 2.13. The molecule has 0 atom stereocenters. The molecule has 94 valence electrons. The summed E-state index contributed by atoms with van der Waals surface area (Å²) < 4.78 is 0. The molecular formula is C11H18N4O2. The molecule has 6 heteroatoms. The molecule has 1 aromatic rings. The molecule has 1 aromatic heterocycles. The van der Waals surface area contributed by atoms with E-state index in [-0.39, 0.29) is 11.5 Å². The first-order valence-corrected chi connectivity index (χ1v) is 5.75. The predicted molar refractivity (Wildman–Crippen MR) is 68.1 cm³/mol. The van der Waals surface area contributed by atoms with Crippen molar-refractivity contribution < 1.29 is 4.92 Å². The Labute approximate surface area is 101 Å². The first kappa shape index (κ1) is 13.2. The van der Waals surface area contributed by atoms with Crippen LogP contribution in [0.15, 0.2) is 12.1 Å². The number of aromatic nitrogens is 1. The number of anilines is 2. The van der Waals surface area contributed by atoms with Crippen LogP contribution in [-0.2, 0) is 0 Å². The average Bonchev–Trinajstić information content (AvgIpc) is 2.29. The molecular weight excluding hydrogens is 220 g/mol. The smallest absolute Gasteiger partial charge is 0.276 e. The molecule has 0 spiro atoms. The Balaban J connectivity index is 2.98. The number of unbranched alkanes of at least 4 members (excludes halogenated alkanes) is 1. The molecule has 6 nitrogen and oxygen atoms in total. The van der Waals surface area contributed by atoms with E-state index in [2.05, 4.69) is 11.9 Å². The monoisotopic (exact) mass is 238 g/mol. The van der Waals surface area contributed by atoms with Gasteiger partial charge in [-0.2, -0.15) is 0 Å². The van der Waals surface area contributed by atoms with Crippen molar-refractivity contribution in [2.24, 2.45) is 0 Å². The largest absolute Gasteiger partial charge is 0.383 e. The lowest BCUT2D eigenvalue weighted by atomic mass is 10.3. The quantitative estimate of drug-likeness (QED) is 0.606. The van der Waals surface area contributed by atoms with E-state index < -0.39 is 4.92 Å². The lowest BCUT2D eigenvalue weighted by molar-refractivity contribution is -0.384. The molecule has 17 heavy (non-hydrogen) atoms. The maximum absolute atomic E-state index is 10.7. The normalized spacial score (nSPS) is 10.2. The van der Waals surface area contributed by atoms with E-state index in [0.29, 0.717) is 5.82 Å². The van der Waals surface area contributed by atoms with Gasteiger partial charge in [-0.3, -0.25) is 10.1 Å². The van der Waals surface area contributed by atoms with Crippen molar-refractivity contribution in [3.05, 3.63) is 22.2 Å². The van der Waals surface area contributed by atoms with Crippen LogP contribution >= 0.6 is 0 Å². The zero-order valence-corrected chi connectivity index (χ0v) is 10.2. The Morgan fingerprint density at radius 2 is 2.18 bits per heavy atom. The zero-order chi connectivity index (χ0) is 12.8. The molecule has 0 radical (unpaired) electrons. The summed E-state index contributed by atoms with van der Waals surface area (Å²) in [6.45, 7) is 5.68. The third-order valence-corrected chi connectivity index (χ3v) is 2.51. The molecule has 2 N–H and O–H groups in total. The van der Waals surface area contributed by atoms with Crippen molar-refractivity contribution in [1.29, 1.82) is 0 Å². The van der Waals surface area contributed by atoms with Crippen LogP contribution in [0.4, 0.5) is 17.3 Å². The van der Waals surface area contributed by atoms with Crippen molar-refractivity contribution in [2.45, 2.75) is 26.7 Å². The Hall–Kier alpha value is -1.85. The molecule has 0 aliphatic rings. The number of nitro groups is 1. The Morgan fingerprint density at radius 1 is 1.47 bits per heavy atom. The number of hydrogen-bond donors (Lipinski definition) is 1. The second-order valence-corrected chi connectivity index (χ2v) is 3.80. The molecule has 0 aliphatic heterocycles. The number of nitrogen functional groups attached to an aromatic ring is 1. The summed E-state index contributed by atoms with van der Waals surface area (Å²) in [7, 11) is 0. The van der Waals surface area contributed by atoms with E-state index in [1.165, 1.54) is 12.1 Å². The summed E-state index contributed by atoms with van der Waals surface area (Å²) in [4.78, 5) is 16.4. The summed E-state index contributed by atoms with van der Waals surface area (Å²) in [5, 5.41) is 10.7. The van der Waals surface area contributed by atoms with E-state index in [9.17, 15) is 10.1 Å². The van der Waals surface area contributed by atoms with E-state index >= 15 is 0 Å². The van der Waals surface area contributed by atoms with Gasteiger partial charge in [0.05, 0.1) is 17.1 Å². The molecule has 0 saturated heterocycles. The molecule has 1 heterocycles. The van der Waals surface area contributed by atoms with Gasteiger partial charge in [0.25, 0.3) is 5.69 Å². The van der Waals surface area contributed by atoms with Crippen molar-refractivity contribution in [3.8, 4) is 0 Å². The summed E-state index contributed by atoms with van der Waals surface area (Å²) in [5.74, 6) is 0.761. The van der Waals surface area contributed by atoms with Gasteiger partial charge in [0, 0.05) is 13.1 Å². The molecule has 0 bridgehead atoms. The Morgan fingerprint density at radius 3 is 2.71 bits per heavy atom. The molecule has 0 unspecified atom stereocenters. The number of nitrogens with zero attached hydrogens (tertiary/aromatic N) is 3. The van der Waals surface area contributed by atoms with Gasteiger partial charge in [-0.15, -0.1) is 0 Å². The summed E-state index contributed by atoms with van der Waals surface area (Å²) in [6, 6.07) is 2.74. The van der Waals surface area contributed by atoms with Gasteiger partial charge < -0.3 is 10.6 Å². The first-order valence-electron chi connectivity index (χ1n) is 5.75. The standard InChI is InChI=1S/C11H18N4O2/c1-3-5-6-14(4-2)11-8-9(15(16)17)7-10(12)13-11/h7-8H,3-6H2,1-2H3,(H2,12,13). The minimum atomic E-state index is -0.449. The summed E-state index contributed by atoms with van der Waals surface area (Å²) >= 11 is 0. The van der Waals surface area contributed by atoms with Gasteiger partial charge in [-0.25, -0.2) is 4.98 Å². The molecule has 0 aromatic carbocycles. The second kappa shape index (κ2) is 6.03. The molecule has 0 saturated carbocycles. The fourth-order valence-corrected chi connectivity index (χ4v) is 1.57. The van der Waals surface area contributed by atoms with Crippen LogP contribution in [0, 0.1) is 10.1 Å². The third kappa shape index (κ3) is 3.58. The van der Waals surface area contributed by atoms with E-state index in [1.807, 2.05) is 11.8 Å². The Kier molecular flexibility index (Phi) is 4.68. The van der Waals surface area contributed by atoms with Crippen molar-refractivity contribution >= 4 is 17.3 Å². The van der Waals surface area contributed by atoms with Gasteiger partial charge in [-0.1, -0.05) is 13.3 Å². The van der Waals surface area contributed by atoms with Gasteiger partial charge >= 0.3 is 0 Å². The van der Waals surface area contributed by atoms with Crippen LogP contribution in [0.2, 0.25) is 0 Å². The van der Waals surface area contributed by atoms with E-state index in [4.69, 9.17) is 5.73 Å². The van der Waals surface area contributed by atoms with Gasteiger partial charge in [0.2, 0.25) is 0 Å². The SMILES string of the molecule is CCCCN(CC)c1cc([N+](=O)[O-])cc(N)n1. The van der Waals surface area contributed by atoms with Crippen molar-refractivity contribution in [3.63, 3.8) is 0 Å². The van der Waals surface area contributed by atoms with E-state index in [1.54, 1.807) is 0 Å². The minimum Gasteiger partial charge on any atom is -0.383 e. The number of nitrogens with two attached hydrogens (primary N) is 1. The molecule has 0 fully saturated rings. The first-order chi connectivity index (χ1) is 8.08. The number of hydrogen-bond acceptors (Lipinski definition) is 5. The van der Waals surface area contributed by atoms with E-state index in [0.717, 1.165) is 25.9 Å².